The molecule has 1 saturated heterocycles. The molecule has 3 heterocycles. The van der Waals surface area contributed by atoms with Gasteiger partial charge >= 0.3 is 0 Å². The number of thiophene rings is 1. The van der Waals surface area contributed by atoms with Crippen LogP contribution < -0.4 is 0 Å². The second-order valence-electron chi connectivity index (χ2n) is 5.51. The molecule has 0 saturated carbocycles. The predicted molar refractivity (Wildman–Crippen MR) is 91.6 cm³/mol. The molecule has 3 aromatic rings. The van der Waals surface area contributed by atoms with Crippen LogP contribution in [0.5, 0.6) is 0 Å². The van der Waals surface area contributed by atoms with Crippen molar-refractivity contribution in [2.45, 2.75) is 25.3 Å². The van der Waals surface area contributed by atoms with Gasteiger partial charge in [-0.3, -0.25) is 4.79 Å². The zero-order valence-corrected chi connectivity index (χ0v) is 13.7. The maximum atomic E-state index is 12.8. The lowest BCUT2D eigenvalue weighted by molar-refractivity contribution is 0.0616. The second-order valence-corrected chi connectivity index (χ2v) is 7.52. The molecule has 22 heavy (non-hydrogen) atoms. The molecule has 1 aliphatic rings. The van der Waals surface area contributed by atoms with Crippen LogP contribution in [0.15, 0.2) is 41.8 Å². The zero-order chi connectivity index (χ0) is 14.9. The number of hydrogen-bond donors (Lipinski definition) is 0. The van der Waals surface area contributed by atoms with Crippen molar-refractivity contribution in [2.24, 2.45) is 0 Å². The molecule has 2 aromatic heterocycles. The monoisotopic (exact) mass is 328 g/mol. The van der Waals surface area contributed by atoms with E-state index in [-0.39, 0.29) is 11.9 Å². The van der Waals surface area contributed by atoms with Gasteiger partial charge in [0, 0.05) is 6.54 Å². The quantitative estimate of drug-likeness (QED) is 0.681. The summed E-state index contributed by atoms with van der Waals surface area (Å²) >= 11 is 3.24. The fraction of sp³-hybridized carbons (Fsp3) is 0.294. The van der Waals surface area contributed by atoms with Crippen molar-refractivity contribution in [1.82, 2.24) is 9.88 Å². The molecule has 1 unspecified atom stereocenters. The Bertz CT molecular complexity index is 761. The Kier molecular flexibility index (Phi) is 3.68. The Morgan fingerprint density at radius 1 is 1.18 bits per heavy atom. The lowest BCUT2D eigenvalue weighted by atomic mass is 10.0. The molecule has 0 radical (unpaired) electrons. The smallest absolute Gasteiger partial charge is 0.264 e. The molecule has 0 N–H and O–H groups in total. The molecule has 5 heteroatoms. The van der Waals surface area contributed by atoms with Gasteiger partial charge in [0.15, 0.2) is 0 Å². The van der Waals surface area contributed by atoms with Crippen LogP contribution in [-0.4, -0.2) is 22.3 Å². The van der Waals surface area contributed by atoms with Crippen molar-refractivity contribution < 1.29 is 4.79 Å². The molecule has 1 atom stereocenters. The molecule has 1 aliphatic heterocycles. The van der Waals surface area contributed by atoms with E-state index in [0.717, 1.165) is 41.2 Å². The highest BCUT2D eigenvalue weighted by atomic mass is 32.1. The number of fused-ring (bicyclic) bond motifs is 1. The summed E-state index contributed by atoms with van der Waals surface area (Å²) in [5.41, 5.74) is 1.04. The number of likely N-dealkylation sites (tertiary alicyclic amines) is 1. The lowest BCUT2D eigenvalue weighted by Gasteiger charge is -2.34. The Balaban J connectivity index is 1.69. The van der Waals surface area contributed by atoms with Crippen molar-refractivity contribution in [3.8, 4) is 0 Å². The van der Waals surface area contributed by atoms with Gasteiger partial charge in [0.1, 0.15) is 5.01 Å². The van der Waals surface area contributed by atoms with Gasteiger partial charge in [-0.05, 0) is 42.8 Å². The van der Waals surface area contributed by atoms with E-state index in [2.05, 4.69) is 6.07 Å². The molecule has 112 valence electrons. The Morgan fingerprint density at radius 3 is 2.91 bits per heavy atom. The summed E-state index contributed by atoms with van der Waals surface area (Å²) in [6.45, 7) is 0.831. The number of rotatable bonds is 2. The summed E-state index contributed by atoms with van der Waals surface area (Å²) in [6.07, 6.45) is 3.25. The average Bonchev–Trinajstić information content (AvgIpc) is 3.23. The third-order valence-corrected chi connectivity index (χ3v) is 6.09. The Hall–Kier alpha value is -1.72. The first-order valence-electron chi connectivity index (χ1n) is 7.53. The number of thiazole rings is 1. The third-order valence-electron chi connectivity index (χ3n) is 4.09. The van der Waals surface area contributed by atoms with E-state index in [4.69, 9.17) is 4.98 Å². The molecule has 1 amide bonds. The number of amides is 1. The van der Waals surface area contributed by atoms with Crippen LogP contribution in [0, 0.1) is 0 Å². The van der Waals surface area contributed by atoms with E-state index in [1.54, 1.807) is 11.3 Å². The molecule has 3 nitrogen and oxygen atoms in total. The first kappa shape index (κ1) is 13.9. The van der Waals surface area contributed by atoms with Gasteiger partial charge in [-0.15, -0.1) is 22.7 Å². The minimum atomic E-state index is 0.126. The SMILES string of the molecule is O=C(c1cccs1)N1CCCCC1c1nc2ccccc2s1. The maximum Gasteiger partial charge on any atom is 0.264 e. The Morgan fingerprint density at radius 2 is 2.09 bits per heavy atom. The number of para-hydroxylation sites is 1. The van der Waals surface area contributed by atoms with Gasteiger partial charge < -0.3 is 4.90 Å². The van der Waals surface area contributed by atoms with Gasteiger partial charge in [-0.1, -0.05) is 18.2 Å². The molecule has 0 spiro atoms. The molecule has 1 fully saturated rings. The zero-order valence-electron chi connectivity index (χ0n) is 12.1. The molecular formula is C17H16N2OS2. The van der Waals surface area contributed by atoms with Crippen LogP contribution in [0.3, 0.4) is 0 Å². The average molecular weight is 328 g/mol. The molecule has 4 rings (SSSR count). The number of carbonyl (C=O) groups is 1. The van der Waals surface area contributed by atoms with E-state index < -0.39 is 0 Å². The number of aromatic nitrogens is 1. The van der Waals surface area contributed by atoms with Crippen LogP contribution in [0.1, 0.15) is 40.0 Å². The van der Waals surface area contributed by atoms with E-state index >= 15 is 0 Å². The lowest BCUT2D eigenvalue weighted by Crippen LogP contribution is -2.38. The fourth-order valence-electron chi connectivity index (χ4n) is 3.01. The normalized spacial score (nSPS) is 18.7. The van der Waals surface area contributed by atoms with Gasteiger partial charge in [0.25, 0.3) is 5.91 Å². The van der Waals surface area contributed by atoms with Crippen molar-refractivity contribution in [3.63, 3.8) is 0 Å². The topological polar surface area (TPSA) is 33.2 Å². The number of piperidine rings is 1. The number of carbonyl (C=O) groups excluding carboxylic acids is 1. The first-order chi connectivity index (χ1) is 10.8. The maximum absolute atomic E-state index is 12.8. The summed E-state index contributed by atoms with van der Waals surface area (Å²) in [6, 6.07) is 12.2. The van der Waals surface area contributed by atoms with Crippen molar-refractivity contribution in [3.05, 3.63) is 51.7 Å². The highest BCUT2D eigenvalue weighted by molar-refractivity contribution is 7.18. The Labute approximate surface area is 137 Å². The minimum absolute atomic E-state index is 0.126. The predicted octanol–water partition coefficient (Wildman–Crippen LogP) is 4.73. The largest absolute Gasteiger partial charge is 0.328 e. The minimum Gasteiger partial charge on any atom is -0.328 e. The summed E-state index contributed by atoms with van der Waals surface area (Å²) < 4.78 is 1.20. The fourth-order valence-corrected chi connectivity index (χ4v) is 4.80. The first-order valence-corrected chi connectivity index (χ1v) is 9.22. The van der Waals surface area contributed by atoms with Crippen LogP contribution in [0.25, 0.3) is 10.2 Å². The van der Waals surface area contributed by atoms with Crippen molar-refractivity contribution in [1.29, 1.82) is 0 Å². The van der Waals surface area contributed by atoms with E-state index in [1.165, 1.54) is 16.0 Å². The summed E-state index contributed by atoms with van der Waals surface area (Å²) in [7, 11) is 0. The van der Waals surface area contributed by atoms with Crippen LogP contribution in [0.4, 0.5) is 0 Å². The van der Waals surface area contributed by atoms with E-state index in [0.29, 0.717) is 0 Å². The van der Waals surface area contributed by atoms with Gasteiger partial charge in [0.05, 0.1) is 21.1 Å². The summed E-state index contributed by atoms with van der Waals surface area (Å²) in [4.78, 5) is 20.4. The third kappa shape index (κ3) is 2.44. The molecule has 0 bridgehead atoms. The standard InChI is InChI=1S/C17H16N2OS2/c20-17(15-9-5-11-21-15)19-10-4-3-7-13(19)16-18-12-6-1-2-8-14(12)22-16/h1-2,5-6,8-9,11,13H,3-4,7,10H2. The van der Waals surface area contributed by atoms with Crippen LogP contribution in [0.2, 0.25) is 0 Å². The highest BCUT2D eigenvalue weighted by Crippen LogP contribution is 2.36. The van der Waals surface area contributed by atoms with Gasteiger partial charge in [-0.2, -0.15) is 0 Å². The van der Waals surface area contributed by atoms with Crippen molar-refractivity contribution >= 4 is 38.8 Å². The van der Waals surface area contributed by atoms with Crippen LogP contribution in [-0.2, 0) is 0 Å². The molecule has 0 aliphatic carbocycles. The van der Waals surface area contributed by atoms with Crippen LogP contribution >= 0.6 is 22.7 Å². The van der Waals surface area contributed by atoms with Gasteiger partial charge in [0.2, 0.25) is 0 Å². The number of hydrogen-bond acceptors (Lipinski definition) is 4. The molecule has 1 aromatic carbocycles. The highest BCUT2D eigenvalue weighted by Gasteiger charge is 2.31. The molecular weight excluding hydrogens is 312 g/mol. The number of benzene rings is 1. The second kappa shape index (κ2) is 5.82. The van der Waals surface area contributed by atoms with E-state index in [9.17, 15) is 4.79 Å². The van der Waals surface area contributed by atoms with Gasteiger partial charge in [-0.25, -0.2) is 4.98 Å². The van der Waals surface area contributed by atoms with Crippen molar-refractivity contribution in [2.75, 3.05) is 6.54 Å². The number of nitrogens with zero attached hydrogens (tertiary/aromatic N) is 2. The summed E-state index contributed by atoms with van der Waals surface area (Å²) in [5.74, 6) is 0.152. The van der Waals surface area contributed by atoms with E-state index in [1.807, 2.05) is 40.6 Å². The summed E-state index contributed by atoms with van der Waals surface area (Å²) in [5, 5.41) is 3.04.